The molecule has 42 nitrogen and oxygen atoms in total. The predicted molar refractivity (Wildman–Crippen MR) is 433 cm³/mol. The third-order valence-corrected chi connectivity index (χ3v) is 18.4. The minimum Gasteiger partial charge on any atom is -0.508 e. The van der Waals surface area contributed by atoms with Gasteiger partial charge in [-0.3, -0.25) is 81.8 Å². The van der Waals surface area contributed by atoms with Gasteiger partial charge in [0.25, 0.3) is 11.8 Å². The number of unbranched alkanes of at least 4 members (excludes halogenated alkanes) is 1. The highest BCUT2D eigenvalue weighted by Gasteiger charge is 2.35. The molecule has 1 saturated heterocycles. The number of carboxylic acids is 2. The lowest BCUT2D eigenvalue weighted by molar-refractivity contribution is -0.142. The molecule has 0 radical (unpaired) electrons. The third-order valence-electron chi connectivity index (χ3n) is 18.4. The molecule has 2 aliphatic rings. The fraction of sp³-hybridized carbons (Fsp3) is 0.620. The fourth-order valence-corrected chi connectivity index (χ4v) is 11.6. The molecule has 19 N–H and O–H groups in total. The van der Waals surface area contributed by atoms with Crippen molar-refractivity contribution in [3.8, 4) is 11.5 Å². The number of hydrogen-bond donors (Lipinski definition) is 17. The van der Waals surface area contributed by atoms with E-state index in [1.807, 2.05) is 0 Å². The summed E-state index contributed by atoms with van der Waals surface area (Å²) in [6.45, 7) is 10.2. The second kappa shape index (κ2) is 58.8. The number of guanidine groups is 1. The minimum atomic E-state index is -1.68. The normalized spacial score (nSPS) is 16.8. The van der Waals surface area contributed by atoms with Gasteiger partial charge in [-0.05, 0) is 112 Å². The zero-order valence-corrected chi connectivity index (χ0v) is 69.1. The van der Waals surface area contributed by atoms with E-state index < -0.39 is 150 Å². The summed E-state index contributed by atoms with van der Waals surface area (Å²) in [4.78, 5) is 200. The molecule has 2 aliphatic heterocycles. The van der Waals surface area contributed by atoms with Crippen molar-refractivity contribution in [2.24, 2.45) is 28.3 Å². The van der Waals surface area contributed by atoms with Crippen LogP contribution in [-0.2, 0) is 123 Å². The van der Waals surface area contributed by atoms with Gasteiger partial charge in [-0.25, -0.2) is 0 Å². The van der Waals surface area contributed by atoms with Crippen LogP contribution in [0.15, 0.2) is 59.6 Å². The van der Waals surface area contributed by atoms with Crippen molar-refractivity contribution in [2.45, 2.75) is 166 Å². The quantitative estimate of drug-likeness (QED) is 0.0107. The Morgan fingerprint density at radius 1 is 0.521 bits per heavy atom. The van der Waals surface area contributed by atoms with Gasteiger partial charge in [-0.15, -0.1) is 0 Å². The van der Waals surface area contributed by atoms with Crippen molar-refractivity contribution in [1.82, 2.24) is 58.1 Å². The fourth-order valence-electron chi connectivity index (χ4n) is 11.6. The minimum absolute atomic E-state index is 0.00651. The number of phenols is 2. The van der Waals surface area contributed by atoms with E-state index in [-0.39, 0.29) is 166 Å². The van der Waals surface area contributed by atoms with Gasteiger partial charge >= 0.3 is 11.9 Å². The highest BCUT2D eigenvalue weighted by molar-refractivity contribution is 6.13. The number of nitrogens with zero attached hydrogens (tertiary/aromatic N) is 2. The number of nitrogens with two attached hydrogens (primary N) is 2. The molecule has 13 amide bonds. The van der Waals surface area contributed by atoms with Crippen LogP contribution in [0.1, 0.15) is 122 Å². The number of hydrogen-bond acceptors (Lipinski definition) is 26. The number of amides is 13. The number of rotatable bonds is 60. The monoisotopic (exact) mass is 1710 g/mol. The molecule has 42 heteroatoms. The van der Waals surface area contributed by atoms with Crippen molar-refractivity contribution < 1.29 is 130 Å². The maximum Gasteiger partial charge on any atom is 0.306 e. The van der Waals surface area contributed by atoms with Crippen molar-refractivity contribution in [3.63, 3.8) is 0 Å². The van der Waals surface area contributed by atoms with Gasteiger partial charge in [0, 0.05) is 64.0 Å². The predicted octanol–water partition coefficient (Wildman–Crippen LogP) is -2.54. The van der Waals surface area contributed by atoms with Crippen LogP contribution < -0.4 is 70.0 Å². The smallest absolute Gasteiger partial charge is 0.306 e. The van der Waals surface area contributed by atoms with Crippen LogP contribution in [0.3, 0.4) is 0 Å². The van der Waals surface area contributed by atoms with E-state index in [2.05, 4.69) is 63.5 Å². The Bertz CT molecular complexity index is 3700. The molecule has 0 saturated carbocycles. The first-order valence-corrected chi connectivity index (χ1v) is 40.4. The summed E-state index contributed by atoms with van der Waals surface area (Å²) in [6.07, 6.45) is 2.88. The van der Waals surface area contributed by atoms with E-state index in [0.29, 0.717) is 90.7 Å². The number of carbonyl (C=O) groups excluding carboxylic acids is 13. The van der Waals surface area contributed by atoms with Crippen LogP contribution in [-0.4, -0.2) is 301 Å². The average molecular weight is 1710 g/mol. The SMILES string of the molecule is CC(CCCc1ccc(O)c(NC(=O)[C@H](C)NC(=O)[C@@H](NC(=O)[C@H](CCC(=O)NCCOCCOCCOCCOCCOCCOCCOCCOCCC(=O)NCCCC[C@@H]2NC(=O)[C@@H](Cc3ccc(O)cc3)NC(=O)[C@H](CC(=O)O)NC(=O)CNC(=O)[C@H](CCCN=C(N)N)NC2=O)NC(=O)CCCN2C(=O)C=CC2=O)C(C)C)c1)C(=O)O. The summed E-state index contributed by atoms with van der Waals surface area (Å²) in [6, 6.07) is 0.886. The maximum absolute atomic E-state index is 14.1. The molecular formula is C79H121N15O27. The molecular weight excluding hydrogens is 1590 g/mol. The molecule has 0 spiro atoms. The summed E-state index contributed by atoms with van der Waals surface area (Å²) in [5.74, 6) is -13.1. The van der Waals surface area contributed by atoms with Crippen LogP contribution in [0.25, 0.3) is 0 Å². The molecule has 2 aromatic rings. The Morgan fingerprint density at radius 3 is 1.61 bits per heavy atom. The number of carboxylic acid groups (broad SMARTS) is 2. The van der Waals surface area contributed by atoms with Crippen molar-refractivity contribution in [3.05, 3.63) is 65.7 Å². The largest absolute Gasteiger partial charge is 0.508 e. The number of aliphatic carboxylic acids is 2. The lowest BCUT2D eigenvalue weighted by Crippen LogP contribution is -2.58. The molecule has 8 atom stereocenters. The van der Waals surface area contributed by atoms with Crippen molar-refractivity contribution in [2.75, 3.05) is 144 Å². The van der Waals surface area contributed by atoms with Crippen LogP contribution in [0.2, 0.25) is 0 Å². The van der Waals surface area contributed by atoms with Gasteiger partial charge in [0.15, 0.2) is 5.96 Å². The number of ether oxygens (including phenoxy) is 8. The van der Waals surface area contributed by atoms with E-state index in [4.69, 9.17) is 49.4 Å². The zero-order chi connectivity index (χ0) is 88.9. The molecule has 1 fully saturated rings. The van der Waals surface area contributed by atoms with Gasteiger partial charge in [-0.2, -0.15) is 0 Å². The van der Waals surface area contributed by atoms with Gasteiger partial charge in [-0.1, -0.05) is 39.0 Å². The third kappa shape index (κ3) is 44.2. The van der Waals surface area contributed by atoms with Crippen LogP contribution in [0.4, 0.5) is 5.69 Å². The molecule has 0 aromatic heterocycles. The zero-order valence-electron chi connectivity index (χ0n) is 69.1. The van der Waals surface area contributed by atoms with E-state index in [1.165, 1.54) is 37.3 Å². The highest BCUT2D eigenvalue weighted by Crippen LogP contribution is 2.26. The van der Waals surface area contributed by atoms with Gasteiger partial charge < -0.3 is 128 Å². The van der Waals surface area contributed by atoms with Gasteiger partial charge in [0.05, 0.1) is 130 Å². The van der Waals surface area contributed by atoms with Gasteiger partial charge in [0.2, 0.25) is 65.0 Å². The first kappa shape index (κ1) is 102. The standard InChI is InChI=1S/C79H121N15O27/c1-50(2)70(77(111)86-52(4)71(105)91-59-46-53(17-21-62(59)96)11-7-10-51(3)78(112)113)93-74(108)58(87-65(99)14-9-29-94-67(101)23-24-68(94)102)20-22-63(97)83-28-31-115-33-35-117-37-39-119-41-43-121-45-44-120-42-40-118-38-36-116-34-32-114-30-25-64(98)82-26-6-5-12-57-73(107)89-56(13-8-27-84-79(80)81)72(106)85-49-66(100)88-61(48-69(103)104)76(110)92-60(75(109)90-57)47-54-15-18-55(95)19-16-54/h15-19,21,23-24,46,50-52,56-58,60-61,70,95-96H,5-14,20,22,25-45,47-49H2,1-4H3,(H,82,98)(H,83,97)(H,85,106)(H,86,111)(H,87,99)(H,88,100)(H,89,107)(H,90,109)(H,91,105)(H,92,110)(H,93,108)(H,103,104)(H,112,113)(H4,80,81,84)/t51?,52-,56-,57-,58-,60+,61-,70-/m0/s1. The second-order valence-electron chi connectivity index (χ2n) is 28.6. The number of imide groups is 1. The number of nitrogens with one attached hydrogen (secondary N) is 11. The topological polar surface area (TPSA) is 611 Å². The Balaban J connectivity index is 1.03. The number of aliphatic imine (C=N–C) groups is 1. The Kier molecular flexibility index (Phi) is 49.7. The summed E-state index contributed by atoms with van der Waals surface area (Å²) >= 11 is 0. The first-order valence-electron chi connectivity index (χ1n) is 40.4. The number of benzene rings is 2. The summed E-state index contributed by atoms with van der Waals surface area (Å²) in [5.41, 5.74) is 12.2. The molecule has 2 heterocycles. The summed E-state index contributed by atoms with van der Waals surface area (Å²) < 4.78 is 44.3. The number of carbonyl (C=O) groups is 15. The van der Waals surface area contributed by atoms with Gasteiger partial charge in [0.1, 0.15) is 53.8 Å². The van der Waals surface area contributed by atoms with Crippen molar-refractivity contribution >= 4 is 100 Å². The Morgan fingerprint density at radius 2 is 1.04 bits per heavy atom. The number of aryl methyl sites for hydroxylation is 1. The average Bonchev–Trinajstić information content (AvgIpc) is 1.84. The number of aromatic hydroxyl groups is 2. The van der Waals surface area contributed by atoms with E-state index in [1.54, 1.807) is 32.9 Å². The van der Waals surface area contributed by atoms with Crippen LogP contribution >= 0.6 is 0 Å². The maximum atomic E-state index is 14.1. The molecule has 1 unspecified atom stereocenters. The molecule has 0 aliphatic carbocycles. The van der Waals surface area contributed by atoms with Crippen molar-refractivity contribution in [1.29, 1.82) is 0 Å². The summed E-state index contributed by atoms with van der Waals surface area (Å²) in [7, 11) is 0. The highest BCUT2D eigenvalue weighted by atomic mass is 16.6. The second-order valence-corrected chi connectivity index (χ2v) is 28.6. The number of anilines is 1. The Labute approximate surface area is 701 Å². The van der Waals surface area contributed by atoms with E-state index in [0.717, 1.165) is 22.6 Å². The lowest BCUT2D eigenvalue weighted by atomic mass is 10.0. The number of phenolic OH excluding ortho intramolecular Hbond substituents is 2. The van der Waals surface area contributed by atoms with Crippen LogP contribution in [0.5, 0.6) is 11.5 Å². The van der Waals surface area contributed by atoms with E-state index in [9.17, 15) is 92.3 Å². The first-order chi connectivity index (χ1) is 57.9. The molecule has 0 bridgehead atoms. The summed E-state index contributed by atoms with van der Waals surface area (Å²) in [5, 5.41) is 67.5. The lowest BCUT2D eigenvalue weighted by Gasteiger charge is -2.26. The van der Waals surface area contributed by atoms with E-state index >= 15 is 0 Å². The molecule has 121 heavy (non-hydrogen) atoms. The molecule has 4 rings (SSSR count). The molecule has 2 aromatic carbocycles. The van der Waals surface area contributed by atoms with Crippen LogP contribution in [0, 0.1) is 11.8 Å². The Hall–Kier alpha value is -11.0. The molecule has 674 valence electrons.